The zero-order valence-corrected chi connectivity index (χ0v) is 18.9. The number of nitrogens with zero attached hydrogens (tertiary/aromatic N) is 4. The van der Waals surface area contributed by atoms with Crippen LogP contribution in [0.3, 0.4) is 0 Å². The summed E-state index contributed by atoms with van der Waals surface area (Å²) in [5, 5.41) is 0. The van der Waals surface area contributed by atoms with Crippen molar-refractivity contribution in [1.29, 1.82) is 0 Å². The van der Waals surface area contributed by atoms with Crippen LogP contribution in [0, 0.1) is 0 Å². The van der Waals surface area contributed by atoms with Gasteiger partial charge in [0.2, 0.25) is 0 Å². The van der Waals surface area contributed by atoms with Crippen LogP contribution >= 0.6 is 0 Å². The molecular formula is C22H22N4Sn. The van der Waals surface area contributed by atoms with E-state index >= 15 is 0 Å². The third-order valence-corrected chi connectivity index (χ3v) is 9.11. The third kappa shape index (κ3) is 3.58. The van der Waals surface area contributed by atoms with Crippen LogP contribution in [0.5, 0.6) is 0 Å². The number of aliphatic imine (C=N–C) groups is 2. The normalized spacial score (nSPS) is 20.6. The fraction of sp³-hybridized carbons (Fsp3) is 0.182. The standard InChI is InChI=1S/C22H22N4.Sn/c1-15-13-16(2)24-21-11-7-8-12-22(21)26-18(4)14-17(3)25-20-10-6-5-9-19(20)23-15;/h5-14H,1-4H3;/q-2;+2/b15-13-,18-14-,24-16?,25-17?;. The number of rotatable bonds is 0. The summed E-state index contributed by atoms with van der Waals surface area (Å²) in [6, 6.07) is 16.9. The second kappa shape index (κ2) is 7.35. The fourth-order valence-corrected chi connectivity index (χ4v) is 6.95. The summed E-state index contributed by atoms with van der Waals surface area (Å²) in [4.78, 5) is 9.81. The van der Waals surface area contributed by atoms with Gasteiger partial charge in [0, 0.05) is 0 Å². The first-order chi connectivity index (χ1) is 13.0. The number of hydrogen-bond donors (Lipinski definition) is 0. The Morgan fingerprint density at radius 1 is 0.630 bits per heavy atom. The van der Waals surface area contributed by atoms with Crippen molar-refractivity contribution >= 4 is 55.9 Å². The number of benzene rings is 2. The molecule has 0 N–H and O–H groups in total. The predicted octanol–water partition coefficient (Wildman–Crippen LogP) is 5.55. The average Bonchev–Trinajstić information content (AvgIpc) is 2.71. The molecule has 2 aromatic rings. The van der Waals surface area contributed by atoms with E-state index in [4.69, 9.17) is 9.98 Å². The van der Waals surface area contributed by atoms with Crippen LogP contribution in [0.25, 0.3) is 0 Å². The molecule has 0 saturated carbocycles. The number of allylic oxidation sites excluding steroid dienone is 4. The SMILES string of the molecule is CC1=Nc2ccccc2[N]2[Sn][N](/C(C)=C\1)c1ccccc1N=C(C)/C=C\2C. The first-order valence-corrected chi connectivity index (χ1v) is 11.6. The van der Waals surface area contributed by atoms with Crippen molar-refractivity contribution in [3.8, 4) is 0 Å². The molecule has 2 heterocycles. The molecule has 4 rings (SSSR count). The van der Waals surface area contributed by atoms with Crippen LogP contribution < -0.4 is 6.24 Å². The zero-order chi connectivity index (χ0) is 19.0. The van der Waals surface area contributed by atoms with E-state index in [0.29, 0.717) is 0 Å². The Hall–Kier alpha value is -2.34. The predicted molar refractivity (Wildman–Crippen MR) is 117 cm³/mol. The van der Waals surface area contributed by atoms with Crippen molar-refractivity contribution < 1.29 is 0 Å². The minimum absolute atomic E-state index is 1.02. The van der Waals surface area contributed by atoms with E-state index in [2.05, 4.69) is 94.6 Å². The molecule has 0 unspecified atom stereocenters. The number of anilines is 2. The molecule has 2 aliphatic rings. The Balaban J connectivity index is 2.02. The Morgan fingerprint density at radius 2 is 1.04 bits per heavy atom. The van der Waals surface area contributed by atoms with Crippen molar-refractivity contribution in [2.45, 2.75) is 27.7 Å². The van der Waals surface area contributed by atoms with Gasteiger partial charge in [0.1, 0.15) is 0 Å². The Bertz CT molecular complexity index is 935. The summed E-state index contributed by atoms with van der Waals surface area (Å²) < 4.78 is 4.97. The molecule has 5 heteroatoms. The zero-order valence-electron chi connectivity index (χ0n) is 16.1. The molecule has 0 spiro atoms. The van der Waals surface area contributed by atoms with Crippen LogP contribution in [-0.2, 0) is 0 Å². The van der Waals surface area contributed by atoms with Gasteiger partial charge in [-0.25, -0.2) is 0 Å². The Kier molecular flexibility index (Phi) is 4.91. The van der Waals surface area contributed by atoms with Crippen LogP contribution in [0.4, 0.5) is 22.7 Å². The molecule has 2 radical (unpaired) electrons. The summed E-state index contributed by atoms with van der Waals surface area (Å²) in [6.45, 7) is 8.50. The second-order valence-electron chi connectivity index (χ2n) is 6.83. The Morgan fingerprint density at radius 3 is 1.48 bits per heavy atom. The van der Waals surface area contributed by atoms with E-state index in [1.807, 2.05) is 0 Å². The molecule has 4 nitrogen and oxygen atoms in total. The van der Waals surface area contributed by atoms with Gasteiger partial charge >= 0.3 is 172 Å². The van der Waals surface area contributed by atoms with Crippen LogP contribution in [0.15, 0.2) is 82.1 Å². The number of fused-ring (bicyclic) bond motifs is 6. The molecule has 0 aromatic heterocycles. The molecular weight excluding hydrogens is 439 g/mol. The monoisotopic (exact) mass is 462 g/mol. The van der Waals surface area contributed by atoms with Crippen molar-refractivity contribution in [2.75, 3.05) is 6.24 Å². The summed E-state index contributed by atoms with van der Waals surface area (Å²) >= 11 is -1.26. The maximum absolute atomic E-state index is 4.91. The van der Waals surface area contributed by atoms with Crippen molar-refractivity contribution in [2.24, 2.45) is 9.98 Å². The summed E-state index contributed by atoms with van der Waals surface area (Å²) in [6.07, 6.45) is 4.37. The molecule has 0 fully saturated rings. The molecule has 27 heavy (non-hydrogen) atoms. The van der Waals surface area contributed by atoms with Gasteiger partial charge in [0.05, 0.1) is 0 Å². The molecule has 0 amide bonds. The van der Waals surface area contributed by atoms with Gasteiger partial charge in [-0.3, -0.25) is 0 Å². The molecule has 2 bridgehead atoms. The van der Waals surface area contributed by atoms with E-state index < -0.39 is 21.7 Å². The van der Waals surface area contributed by atoms with Crippen LogP contribution in [-0.4, -0.2) is 33.1 Å². The maximum atomic E-state index is 4.91. The summed E-state index contributed by atoms with van der Waals surface area (Å²) in [7, 11) is 0. The van der Waals surface area contributed by atoms with Crippen LogP contribution in [0.2, 0.25) is 0 Å². The van der Waals surface area contributed by atoms with Gasteiger partial charge in [0.15, 0.2) is 0 Å². The van der Waals surface area contributed by atoms with E-state index in [1.165, 1.54) is 22.8 Å². The first-order valence-electron chi connectivity index (χ1n) is 9.05. The molecule has 134 valence electrons. The number of hydrogen-bond acceptors (Lipinski definition) is 4. The van der Waals surface area contributed by atoms with Crippen molar-refractivity contribution in [3.05, 3.63) is 72.1 Å². The minimum atomic E-state index is -1.26. The Labute approximate surface area is 171 Å². The third-order valence-electron chi connectivity index (χ3n) is 4.58. The van der Waals surface area contributed by atoms with Gasteiger partial charge in [-0.05, 0) is 0 Å². The fourth-order valence-electron chi connectivity index (χ4n) is 3.42. The topological polar surface area (TPSA) is 31.2 Å². The van der Waals surface area contributed by atoms with Gasteiger partial charge < -0.3 is 0 Å². The van der Waals surface area contributed by atoms with Gasteiger partial charge in [-0.15, -0.1) is 0 Å². The molecule has 0 atom stereocenters. The summed E-state index contributed by atoms with van der Waals surface area (Å²) in [5.41, 5.74) is 8.87. The van der Waals surface area contributed by atoms with Gasteiger partial charge in [-0.1, -0.05) is 0 Å². The van der Waals surface area contributed by atoms with Crippen molar-refractivity contribution in [1.82, 2.24) is 0 Å². The molecule has 0 aliphatic carbocycles. The number of para-hydroxylation sites is 4. The summed E-state index contributed by atoms with van der Waals surface area (Å²) in [5.74, 6) is 0. The van der Waals surface area contributed by atoms with E-state index in [9.17, 15) is 0 Å². The first kappa shape index (κ1) is 18.0. The average molecular weight is 461 g/mol. The van der Waals surface area contributed by atoms with Gasteiger partial charge in [-0.2, -0.15) is 0 Å². The van der Waals surface area contributed by atoms with Gasteiger partial charge in [0.25, 0.3) is 0 Å². The van der Waals surface area contributed by atoms with Crippen LogP contribution in [0.1, 0.15) is 27.7 Å². The molecule has 2 aliphatic heterocycles. The van der Waals surface area contributed by atoms with E-state index in [-0.39, 0.29) is 0 Å². The molecule has 0 saturated heterocycles. The van der Waals surface area contributed by atoms with E-state index in [0.717, 1.165) is 22.8 Å². The van der Waals surface area contributed by atoms with E-state index in [1.54, 1.807) is 0 Å². The van der Waals surface area contributed by atoms with Crippen molar-refractivity contribution in [3.63, 3.8) is 0 Å². The second-order valence-corrected chi connectivity index (χ2v) is 9.95. The molecule has 2 aromatic carbocycles. The quantitative estimate of drug-likeness (QED) is 0.482.